The molecule has 3 heteroatoms. The summed E-state index contributed by atoms with van der Waals surface area (Å²) in [4.78, 5) is 4.52. The van der Waals surface area contributed by atoms with Crippen LogP contribution in [0.25, 0.3) is 5.65 Å². The number of nitrogens with zero attached hydrogens (tertiary/aromatic N) is 2. The largest absolute Gasteiger partial charge is 0.302 e. The minimum atomic E-state index is 0.499. The lowest BCUT2D eigenvalue weighted by Gasteiger charge is -2.06. The van der Waals surface area contributed by atoms with E-state index in [4.69, 9.17) is 0 Å². The Kier molecular flexibility index (Phi) is 2.35. The third-order valence-corrected chi connectivity index (χ3v) is 2.82. The topological polar surface area (TPSA) is 17.3 Å². The Morgan fingerprint density at radius 2 is 2.07 bits per heavy atom. The molecular formula is C11H13BrN2. The van der Waals surface area contributed by atoms with Crippen molar-refractivity contribution in [3.05, 3.63) is 34.2 Å². The van der Waals surface area contributed by atoms with Crippen molar-refractivity contribution in [3.8, 4) is 0 Å². The maximum atomic E-state index is 4.52. The van der Waals surface area contributed by atoms with Gasteiger partial charge in [-0.1, -0.05) is 13.8 Å². The van der Waals surface area contributed by atoms with Crippen molar-refractivity contribution in [1.29, 1.82) is 0 Å². The third-order valence-electron chi connectivity index (χ3n) is 2.35. The Balaban J connectivity index is 2.79. The lowest BCUT2D eigenvalue weighted by Crippen LogP contribution is -1.96. The third kappa shape index (κ3) is 1.46. The second-order valence-electron chi connectivity index (χ2n) is 3.81. The van der Waals surface area contributed by atoms with Crippen LogP contribution in [0.1, 0.15) is 31.2 Å². The molecule has 14 heavy (non-hydrogen) atoms. The summed E-state index contributed by atoms with van der Waals surface area (Å²) < 4.78 is 3.24. The van der Waals surface area contributed by atoms with Crippen LogP contribution in [0.2, 0.25) is 0 Å². The maximum absolute atomic E-state index is 4.52. The zero-order valence-electron chi connectivity index (χ0n) is 8.58. The Morgan fingerprint density at radius 3 is 2.71 bits per heavy atom. The van der Waals surface area contributed by atoms with Gasteiger partial charge in [0.25, 0.3) is 0 Å². The number of aryl methyl sites for hydroxylation is 1. The molecule has 0 saturated heterocycles. The molecule has 0 bridgehead atoms. The standard InChI is InChI=1S/C11H13BrN2/c1-7(2)11-8(3)13-10-5-4-9(12)6-14(10)11/h4-7H,1-3H3. The van der Waals surface area contributed by atoms with Crippen molar-refractivity contribution in [2.45, 2.75) is 26.7 Å². The van der Waals surface area contributed by atoms with E-state index in [2.05, 4.69) is 52.3 Å². The predicted octanol–water partition coefficient (Wildman–Crippen LogP) is 3.53. The Morgan fingerprint density at radius 1 is 1.36 bits per heavy atom. The van der Waals surface area contributed by atoms with E-state index in [0.29, 0.717) is 5.92 Å². The number of rotatable bonds is 1. The summed E-state index contributed by atoms with van der Waals surface area (Å²) in [6.07, 6.45) is 2.07. The number of hydrogen-bond donors (Lipinski definition) is 0. The highest BCUT2D eigenvalue weighted by molar-refractivity contribution is 9.10. The van der Waals surface area contributed by atoms with Crippen molar-refractivity contribution in [3.63, 3.8) is 0 Å². The van der Waals surface area contributed by atoms with E-state index >= 15 is 0 Å². The van der Waals surface area contributed by atoms with Crippen LogP contribution in [0, 0.1) is 6.92 Å². The molecule has 0 aliphatic carbocycles. The van der Waals surface area contributed by atoms with Gasteiger partial charge in [-0.25, -0.2) is 4.98 Å². The Bertz CT molecular complexity index is 471. The van der Waals surface area contributed by atoms with Crippen molar-refractivity contribution in [2.24, 2.45) is 0 Å². The molecule has 0 aliphatic rings. The highest BCUT2D eigenvalue weighted by atomic mass is 79.9. The SMILES string of the molecule is Cc1nc2ccc(Br)cn2c1C(C)C. The molecule has 0 fully saturated rings. The first kappa shape index (κ1) is 9.71. The van der Waals surface area contributed by atoms with Crippen LogP contribution < -0.4 is 0 Å². The Labute approximate surface area is 92.1 Å². The molecule has 0 atom stereocenters. The van der Waals surface area contributed by atoms with Gasteiger partial charge in [-0.3, -0.25) is 0 Å². The fourth-order valence-corrected chi connectivity index (χ4v) is 2.19. The number of aromatic nitrogens is 2. The number of hydrogen-bond acceptors (Lipinski definition) is 1. The first-order chi connectivity index (χ1) is 6.59. The summed E-state index contributed by atoms with van der Waals surface area (Å²) in [5.41, 5.74) is 3.44. The minimum Gasteiger partial charge on any atom is -0.302 e. The van der Waals surface area contributed by atoms with Gasteiger partial charge in [0.1, 0.15) is 5.65 Å². The van der Waals surface area contributed by atoms with E-state index in [-0.39, 0.29) is 0 Å². The van der Waals surface area contributed by atoms with Crippen LogP contribution in [0.4, 0.5) is 0 Å². The smallest absolute Gasteiger partial charge is 0.137 e. The molecule has 2 aromatic rings. The van der Waals surface area contributed by atoms with Crippen LogP contribution in [0.5, 0.6) is 0 Å². The maximum Gasteiger partial charge on any atom is 0.137 e. The van der Waals surface area contributed by atoms with Gasteiger partial charge in [-0.15, -0.1) is 0 Å². The summed E-state index contributed by atoms with van der Waals surface area (Å²) >= 11 is 3.48. The lowest BCUT2D eigenvalue weighted by molar-refractivity contribution is 0.798. The molecule has 0 N–H and O–H groups in total. The molecule has 0 amide bonds. The fraction of sp³-hybridized carbons (Fsp3) is 0.364. The average Bonchev–Trinajstić information content (AvgIpc) is 2.40. The van der Waals surface area contributed by atoms with Gasteiger partial charge in [0.2, 0.25) is 0 Å². The number of fused-ring (bicyclic) bond motifs is 1. The van der Waals surface area contributed by atoms with Crippen molar-refractivity contribution in [1.82, 2.24) is 9.38 Å². The zero-order chi connectivity index (χ0) is 10.3. The first-order valence-electron chi connectivity index (χ1n) is 4.73. The molecule has 0 aliphatic heterocycles. The normalized spacial score (nSPS) is 11.5. The molecule has 2 heterocycles. The van der Waals surface area contributed by atoms with E-state index in [0.717, 1.165) is 15.8 Å². The van der Waals surface area contributed by atoms with Gasteiger partial charge in [-0.05, 0) is 40.9 Å². The van der Waals surface area contributed by atoms with Crippen LogP contribution >= 0.6 is 15.9 Å². The van der Waals surface area contributed by atoms with Crippen molar-refractivity contribution >= 4 is 21.6 Å². The number of pyridine rings is 1. The van der Waals surface area contributed by atoms with Crippen molar-refractivity contribution < 1.29 is 0 Å². The molecule has 0 radical (unpaired) electrons. The second-order valence-corrected chi connectivity index (χ2v) is 4.73. The summed E-state index contributed by atoms with van der Waals surface area (Å²) in [6.45, 7) is 6.45. The fourth-order valence-electron chi connectivity index (χ4n) is 1.85. The van der Waals surface area contributed by atoms with Crippen LogP contribution in [0.15, 0.2) is 22.8 Å². The van der Waals surface area contributed by atoms with E-state index in [1.807, 2.05) is 12.1 Å². The summed E-state index contributed by atoms with van der Waals surface area (Å²) in [6, 6.07) is 4.05. The van der Waals surface area contributed by atoms with E-state index in [1.54, 1.807) is 0 Å². The highest BCUT2D eigenvalue weighted by Crippen LogP contribution is 2.22. The van der Waals surface area contributed by atoms with Gasteiger partial charge in [-0.2, -0.15) is 0 Å². The molecular weight excluding hydrogens is 240 g/mol. The van der Waals surface area contributed by atoms with Gasteiger partial charge in [0.15, 0.2) is 0 Å². The van der Waals surface area contributed by atoms with Crippen LogP contribution in [-0.4, -0.2) is 9.38 Å². The van der Waals surface area contributed by atoms with Crippen LogP contribution in [0.3, 0.4) is 0 Å². The van der Waals surface area contributed by atoms with Crippen molar-refractivity contribution in [2.75, 3.05) is 0 Å². The predicted molar refractivity (Wildman–Crippen MR) is 61.7 cm³/mol. The van der Waals surface area contributed by atoms with E-state index < -0.39 is 0 Å². The molecule has 0 saturated carbocycles. The zero-order valence-corrected chi connectivity index (χ0v) is 10.2. The molecule has 0 aromatic carbocycles. The number of imidazole rings is 1. The van der Waals surface area contributed by atoms with Gasteiger partial charge >= 0.3 is 0 Å². The van der Waals surface area contributed by atoms with Crippen LogP contribution in [-0.2, 0) is 0 Å². The summed E-state index contributed by atoms with van der Waals surface area (Å²) in [5, 5.41) is 0. The molecule has 2 nitrogen and oxygen atoms in total. The second kappa shape index (κ2) is 3.39. The van der Waals surface area contributed by atoms with E-state index in [1.165, 1.54) is 5.69 Å². The summed E-state index contributed by atoms with van der Waals surface area (Å²) in [5.74, 6) is 0.499. The quantitative estimate of drug-likeness (QED) is 0.759. The number of halogens is 1. The van der Waals surface area contributed by atoms with Gasteiger partial charge < -0.3 is 4.40 Å². The minimum absolute atomic E-state index is 0.499. The molecule has 2 aromatic heterocycles. The van der Waals surface area contributed by atoms with E-state index in [9.17, 15) is 0 Å². The first-order valence-corrected chi connectivity index (χ1v) is 5.53. The average molecular weight is 253 g/mol. The monoisotopic (exact) mass is 252 g/mol. The molecule has 74 valence electrons. The van der Waals surface area contributed by atoms with Gasteiger partial charge in [0.05, 0.1) is 5.69 Å². The summed E-state index contributed by atoms with van der Waals surface area (Å²) in [7, 11) is 0. The molecule has 0 unspecified atom stereocenters. The molecule has 2 rings (SSSR count). The van der Waals surface area contributed by atoms with Gasteiger partial charge in [0, 0.05) is 16.4 Å². The lowest BCUT2D eigenvalue weighted by atomic mass is 10.1. The Hall–Kier alpha value is -0.830. The highest BCUT2D eigenvalue weighted by Gasteiger charge is 2.11. The molecule has 0 spiro atoms.